The normalized spacial score (nSPS) is 11.2. The van der Waals surface area contributed by atoms with Crippen molar-refractivity contribution in [3.05, 3.63) is 64.2 Å². The molecule has 7 heteroatoms. The van der Waals surface area contributed by atoms with Crippen molar-refractivity contribution in [1.82, 2.24) is 5.32 Å². The number of ether oxygens (including phenoxy) is 1. The molecule has 0 fully saturated rings. The van der Waals surface area contributed by atoms with E-state index in [1.54, 1.807) is 6.07 Å². The van der Waals surface area contributed by atoms with Crippen LogP contribution in [0.3, 0.4) is 0 Å². The number of methoxy groups -OCH3 is 1. The van der Waals surface area contributed by atoms with Gasteiger partial charge in [0.15, 0.2) is 0 Å². The van der Waals surface area contributed by atoms with Crippen molar-refractivity contribution in [2.75, 3.05) is 7.11 Å². The summed E-state index contributed by atoms with van der Waals surface area (Å²) in [4.78, 5) is 12.0. The second kappa shape index (κ2) is 6.91. The highest BCUT2D eigenvalue weighted by Gasteiger charge is 2.30. The predicted octanol–water partition coefficient (Wildman–Crippen LogP) is 4.30. The molecule has 0 saturated carbocycles. The number of carbonyl (C=O) groups is 1. The third kappa shape index (κ3) is 4.39. The highest BCUT2D eigenvalue weighted by molar-refractivity contribution is 6.32. The maximum absolute atomic E-state index is 12.6. The lowest BCUT2D eigenvalue weighted by Gasteiger charge is -2.10. The van der Waals surface area contributed by atoms with Crippen LogP contribution in [0.25, 0.3) is 0 Å². The minimum absolute atomic E-state index is 0.0214. The number of nitrogens with one attached hydrogen (secondary N) is 1. The summed E-state index contributed by atoms with van der Waals surface area (Å²) in [7, 11) is 1.45. The topological polar surface area (TPSA) is 38.3 Å². The molecule has 2 aromatic rings. The zero-order valence-corrected chi connectivity index (χ0v) is 12.8. The van der Waals surface area contributed by atoms with Gasteiger partial charge >= 0.3 is 6.18 Å². The van der Waals surface area contributed by atoms with Crippen molar-refractivity contribution < 1.29 is 22.7 Å². The Morgan fingerprint density at radius 3 is 2.57 bits per heavy atom. The molecule has 0 radical (unpaired) electrons. The fraction of sp³-hybridized carbons (Fsp3) is 0.188. The first kappa shape index (κ1) is 17.1. The summed E-state index contributed by atoms with van der Waals surface area (Å²) in [5.41, 5.74) is -0.104. The molecule has 0 aliphatic heterocycles. The third-order valence-electron chi connectivity index (χ3n) is 3.12. The van der Waals surface area contributed by atoms with Gasteiger partial charge in [-0.3, -0.25) is 4.79 Å². The molecule has 0 heterocycles. The van der Waals surface area contributed by atoms with Gasteiger partial charge in [-0.2, -0.15) is 13.2 Å². The van der Waals surface area contributed by atoms with Gasteiger partial charge in [0.2, 0.25) is 0 Å². The predicted molar refractivity (Wildman–Crippen MR) is 80.6 cm³/mol. The number of amides is 1. The molecule has 1 N–H and O–H groups in total. The summed E-state index contributed by atoms with van der Waals surface area (Å²) >= 11 is 5.93. The van der Waals surface area contributed by atoms with Crippen LogP contribution < -0.4 is 10.1 Å². The summed E-state index contributed by atoms with van der Waals surface area (Å²) in [5, 5.41) is 2.83. The van der Waals surface area contributed by atoms with Gasteiger partial charge in [0.05, 0.1) is 17.7 Å². The Morgan fingerprint density at radius 1 is 1.22 bits per heavy atom. The number of alkyl halides is 3. The maximum Gasteiger partial charge on any atom is 0.416 e. The molecule has 0 unspecified atom stereocenters. The molecule has 0 saturated heterocycles. The van der Waals surface area contributed by atoms with Crippen molar-refractivity contribution in [2.45, 2.75) is 12.7 Å². The molecule has 23 heavy (non-hydrogen) atoms. The van der Waals surface area contributed by atoms with Gasteiger partial charge in [0, 0.05) is 12.1 Å². The van der Waals surface area contributed by atoms with Crippen LogP contribution in [0.4, 0.5) is 13.2 Å². The maximum atomic E-state index is 12.6. The van der Waals surface area contributed by atoms with E-state index in [2.05, 4.69) is 5.32 Å². The molecule has 3 nitrogen and oxygen atoms in total. The summed E-state index contributed by atoms with van der Waals surface area (Å²) < 4.78 is 42.9. The largest absolute Gasteiger partial charge is 0.495 e. The molecule has 0 bridgehead atoms. The molecular weight excluding hydrogens is 331 g/mol. The Hall–Kier alpha value is -2.21. The Kier molecular flexibility index (Phi) is 5.15. The Morgan fingerprint density at radius 2 is 1.96 bits per heavy atom. The molecule has 2 rings (SSSR count). The van der Waals surface area contributed by atoms with E-state index in [0.717, 1.165) is 12.1 Å². The average molecular weight is 344 g/mol. The van der Waals surface area contributed by atoms with Crippen molar-refractivity contribution in [1.29, 1.82) is 0 Å². The first-order chi connectivity index (χ1) is 10.8. The number of benzene rings is 2. The third-order valence-corrected chi connectivity index (χ3v) is 3.42. The smallest absolute Gasteiger partial charge is 0.416 e. The molecule has 1 amide bonds. The molecular formula is C16H13ClF3NO2. The highest BCUT2D eigenvalue weighted by Crippen LogP contribution is 2.29. The van der Waals surface area contributed by atoms with Gasteiger partial charge in [-0.05, 0) is 35.9 Å². The van der Waals surface area contributed by atoms with Crippen LogP contribution in [0, 0.1) is 0 Å². The van der Waals surface area contributed by atoms with E-state index < -0.39 is 17.6 Å². The molecule has 0 atom stereocenters. The van der Waals surface area contributed by atoms with E-state index >= 15 is 0 Å². The van der Waals surface area contributed by atoms with E-state index in [4.69, 9.17) is 16.3 Å². The van der Waals surface area contributed by atoms with Crippen molar-refractivity contribution in [3.63, 3.8) is 0 Å². The monoisotopic (exact) mass is 343 g/mol. The summed E-state index contributed by atoms with van der Waals surface area (Å²) in [5.74, 6) is -0.00643. The standard InChI is InChI=1S/C16H13ClF3NO2/c1-23-14-6-5-11(8-13(14)17)15(22)21-9-10-3-2-4-12(7-10)16(18,19)20/h2-8H,9H2,1H3,(H,21,22). The fourth-order valence-corrected chi connectivity index (χ4v) is 2.21. The number of hydrogen-bond donors (Lipinski definition) is 1. The number of hydrogen-bond acceptors (Lipinski definition) is 2. The summed E-state index contributed by atoms with van der Waals surface area (Å²) in [6.07, 6.45) is -4.41. The van der Waals surface area contributed by atoms with Crippen LogP contribution in [-0.2, 0) is 12.7 Å². The zero-order valence-electron chi connectivity index (χ0n) is 12.1. The van der Waals surface area contributed by atoms with E-state index in [-0.39, 0.29) is 11.6 Å². The molecule has 2 aromatic carbocycles. The molecule has 0 aromatic heterocycles. The first-order valence-corrected chi connectivity index (χ1v) is 6.97. The van der Waals surface area contributed by atoms with Gasteiger partial charge in [0.1, 0.15) is 5.75 Å². The van der Waals surface area contributed by atoms with Gasteiger partial charge in [-0.25, -0.2) is 0 Å². The van der Waals surface area contributed by atoms with Crippen molar-refractivity contribution in [2.24, 2.45) is 0 Å². The molecule has 0 aliphatic carbocycles. The lowest BCUT2D eigenvalue weighted by Crippen LogP contribution is -2.23. The van der Waals surface area contributed by atoms with Gasteiger partial charge in [0.25, 0.3) is 5.91 Å². The minimum atomic E-state index is -4.41. The van der Waals surface area contributed by atoms with Crippen LogP contribution in [0.2, 0.25) is 5.02 Å². The van der Waals surface area contributed by atoms with Crippen LogP contribution in [0.1, 0.15) is 21.5 Å². The molecule has 0 aliphatic rings. The van der Waals surface area contributed by atoms with E-state index in [0.29, 0.717) is 16.9 Å². The Labute approximate surface area is 136 Å². The zero-order chi connectivity index (χ0) is 17.0. The lowest BCUT2D eigenvalue weighted by atomic mass is 10.1. The highest BCUT2D eigenvalue weighted by atomic mass is 35.5. The molecule has 0 spiro atoms. The fourth-order valence-electron chi connectivity index (χ4n) is 1.95. The first-order valence-electron chi connectivity index (χ1n) is 6.59. The van der Waals surface area contributed by atoms with Crippen LogP contribution in [0.5, 0.6) is 5.75 Å². The Balaban J connectivity index is 2.06. The summed E-state index contributed by atoms with van der Waals surface area (Å²) in [6.45, 7) is -0.0214. The number of halogens is 4. The average Bonchev–Trinajstić information content (AvgIpc) is 2.52. The molecule has 122 valence electrons. The lowest BCUT2D eigenvalue weighted by molar-refractivity contribution is -0.137. The number of rotatable bonds is 4. The van der Waals surface area contributed by atoms with Crippen molar-refractivity contribution >= 4 is 17.5 Å². The quantitative estimate of drug-likeness (QED) is 0.899. The van der Waals surface area contributed by atoms with E-state index in [1.807, 2.05) is 0 Å². The van der Waals surface area contributed by atoms with Gasteiger partial charge < -0.3 is 10.1 Å². The van der Waals surface area contributed by atoms with E-state index in [9.17, 15) is 18.0 Å². The Bertz CT molecular complexity index is 717. The van der Waals surface area contributed by atoms with E-state index in [1.165, 1.54) is 31.4 Å². The number of carbonyl (C=O) groups excluding carboxylic acids is 1. The minimum Gasteiger partial charge on any atom is -0.495 e. The van der Waals surface area contributed by atoms with Crippen molar-refractivity contribution in [3.8, 4) is 5.75 Å². The van der Waals surface area contributed by atoms with Crippen LogP contribution >= 0.6 is 11.6 Å². The summed E-state index contributed by atoms with van der Waals surface area (Å²) in [6, 6.07) is 9.29. The SMILES string of the molecule is COc1ccc(C(=O)NCc2cccc(C(F)(F)F)c2)cc1Cl. The van der Waals surface area contributed by atoms with Crippen LogP contribution in [-0.4, -0.2) is 13.0 Å². The van der Waals surface area contributed by atoms with Gasteiger partial charge in [-0.1, -0.05) is 23.7 Å². The second-order valence-electron chi connectivity index (χ2n) is 4.73. The van der Waals surface area contributed by atoms with Gasteiger partial charge in [-0.15, -0.1) is 0 Å². The van der Waals surface area contributed by atoms with Crippen LogP contribution in [0.15, 0.2) is 42.5 Å². The second-order valence-corrected chi connectivity index (χ2v) is 5.14.